The van der Waals surface area contributed by atoms with Crippen LogP contribution < -0.4 is 0 Å². The van der Waals surface area contributed by atoms with E-state index in [0.29, 0.717) is 0 Å². The predicted molar refractivity (Wildman–Crippen MR) is 76.4 cm³/mol. The minimum atomic E-state index is 0.912. The smallest absolute Gasteiger partial charge is 0.107 e. The molecule has 0 amide bonds. The highest BCUT2D eigenvalue weighted by atomic mass is 15.1. The van der Waals surface area contributed by atoms with Crippen LogP contribution in [0.4, 0.5) is 0 Å². The summed E-state index contributed by atoms with van der Waals surface area (Å²) < 4.78 is 2.11. The molecule has 2 aromatic carbocycles. The minimum absolute atomic E-state index is 0.912. The molecule has 0 aliphatic carbocycles. The quantitative estimate of drug-likeness (QED) is 0.513. The van der Waals surface area contributed by atoms with Crippen LogP contribution in [0.15, 0.2) is 67.3 Å². The lowest BCUT2D eigenvalue weighted by atomic mass is 10.1. The van der Waals surface area contributed by atoms with Crippen molar-refractivity contribution in [2.24, 2.45) is 0 Å². The lowest BCUT2D eigenvalue weighted by Gasteiger charge is -2.08. The molecule has 0 N–H and O–H groups in total. The Kier molecular flexibility index (Phi) is 2.12. The number of hydrogen-bond acceptors (Lipinski definition) is 2. The fourth-order valence-electron chi connectivity index (χ4n) is 2.47. The summed E-state index contributed by atoms with van der Waals surface area (Å²) in [6.07, 6.45) is 5.44. The highest BCUT2D eigenvalue weighted by molar-refractivity contribution is 5.92. The summed E-state index contributed by atoms with van der Waals surface area (Å²) in [5.41, 5.74) is 3.13. The van der Waals surface area contributed by atoms with Crippen molar-refractivity contribution in [2.45, 2.75) is 0 Å². The van der Waals surface area contributed by atoms with E-state index >= 15 is 0 Å². The lowest BCUT2D eigenvalue weighted by molar-refractivity contribution is 1.10. The summed E-state index contributed by atoms with van der Waals surface area (Å²) >= 11 is 0. The second kappa shape index (κ2) is 3.92. The van der Waals surface area contributed by atoms with Gasteiger partial charge in [-0.05, 0) is 17.5 Å². The van der Waals surface area contributed by atoms with Gasteiger partial charge >= 0.3 is 0 Å². The topological polar surface area (TPSA) is 30.7 Å². The van der Waals surface area contributed by atoms with Crippen molar-refractivity contribution < 1.29 is 0 Å². The van der Waals surface area contributed by atoms with Crippen molar-refractivity contribution in [2.75, 3.05) is 0 Å². The molecular weight excluding hydrogens is 234 g/mol. The first-order valence-electron chi connectivity index (χ1n) is 6.19. The van der Waals surface area contributed by atoms with Crippen LogP contribution in [0.1, 0.15) is 0 Å². The zero-order valence-corrected chi connectivity index (χ0v) is 10.2. The highest BCUT2D eigenvalue weighted by Gasteiger charge is 2.06. The van der Waals surface area contributed by atoms with Crippen LogP contribution in [0.5, 0.6) is 0 Å². The molecule has 0 bridgehead atoms. The standard InChI is InChI=1S/C16H11N3/c1-2-6-13-12(4-1)5-3-7-15(13)19-11-18-14-10-17-9-8-16(14)19/h1-11H. The molecule has 4 aromatic rings. The average Bonchev–Trinajstić information content (AvgIpc) is 2.90. The predicted octanol–water partition coefficient (Wildman–Crippen LogP) is 3.57. The SMILES string of the molecule is c1ccc2c(-n3cnc4cnccc43)cccc2c1. The molecule has 0 atom stereocenters. The summed E-state index contributed by atoms with van der Waals surface area (Å²) in [7, 11) is 0. The Balaban J connectivity index is 2.10. The van der Waals surface area contributed by atoms with E-state index in [9.17, 15) is 0 Å². The van der Waals surface area contributed by atoms with Crippen molar-refractivity contribution in [1.29, 1.82) is 0 Å². The third-order valence-corrected chi connectivity index (χ3v) is 3.38. The van der Waals surface area contributed by atoms with Gasteiger partial charge in [0, 0.05) is 11.6 Å². The number of aromatic nitrogens is 3. The van der Waals surface area contributed by atoms with Gasteiger partial charge in [-0.15, -0.1) is 0 Å². The summed E-state index contributed by atoms with van der Waals surface area (Å²) in [6, 6.07) is 16.7. The molecule has 90 valence electrons. The van der Waals surface area contributed by atoms with Crippen LogP contribution in [0.2, 0.25) is 0 Å². The van der Waals surface area contributed by atoms with E-state index in [2.05, 4.69) is 57.0 Å². The third kappa shape index (κ3) is 1.52. The fraction of sp³-hybridized carbons (Fsp3) is 0. The molecule has 0 spiro atoms. The lowest BCUT2D eigenvalue weighted by Crippen LogP contribution is -1.93. The van der Waals surface area contributed by atoms with Gasteiger partial charge in [0.25, 0.3) is 0 Å². The van der Waals surface area contributed by atoms with Crippen molar-refractivity contribution in [3.63, 3.8) is 0 Å². The van der Waals surface area contributed by atoms with Gasteiger partial charge in [0.15, 0.2) is 0 Å². The first-order valence-corrected chi connectivity index (χ1v) is 6.19. The molecule has 0 radical (unpaired) electrons. The van der Waals surface area contributed by atoms with E-state index in [1.54, 1.807) is 12.4 Å². The summed E-state index contributed by atoms with van der Waals surface area (Å²) in [5.74, 6) is 0. The average molecular weight is 245 g/mol. The Hall–Kier alpha value is -2.68. The van der Waals surface area contributed by atoms with Gasteiger partial charge in [0.2, 0.25) is 0 Å². The fourth-order valence-corrected chi connectivity index (χ4v) is 2.47. The Morgan fingerprint density at radius 1 is 0.895 bits per heavy atom. The molecule has 19 heavy (non-hydrogen) atoms. The maximum absolute atomic E-state index is 4.40. The number of nitrogens with zero attached hydrogens (tertiary/aromatic N) is 3. The second-order valence-corrected chi connectivity index (χ2v) is 4.48. The number of pyridine rings is 1. The van der Waals surface area contributed by atoms with E-state index in [-0.39, 0.29) is 0 Å². The van der Waals surface area contributed by atoms with Gasteiger partial charge in [0.05, 0.1) is 17.4 Å². The van der Waals surface area contributed by atoms with Gasteiger partial charge in [-0.3, -0.25) is 9.55 Å². The normalized spacial score (nSPS) is 11.2. The Morgan fingerprint density at radius 2 is 1.79 bits per heavy atom. The molecule has 0 aliphatic rings. The van der Waals surface area contributed by atoms with Crippen molar-refractivity contribution in [3.05, 3.63) is 67.3 Å². The number of rotatable bonds is 1. The minimum Gasteiger partial charge on any atom is -0.298 e. The van der Waals surface area contributed by atoms with Crippen molar-refractivity contribution in [3.8, 4) is 5.69 Å². The molecule has 0 saturated carbocycles. The van der Waals surface area contributed by atoms with Crippen LogP contribution in [-0.4, -0.2) is 14.5 Å². The van der Waals surface area contributed by atoms with Crippen molar-refractivity contribution >= 4 is 21.8 Å². The number of fused-ring (bicyclic) bond motifs is 2. The van der Waals surface area contributed by atoms with Crippen LogP contribution >= 0.6 is 0 Å². The van der Waals surface area contributed by atoms with E-state index < -0.39 is 0 Å². The van der Waals surface area contributed by atoms with E-state index in [1.807, 2.05) is 12.4 Å². The van der Waals surface area contributed by atoms with Crippen LogP contribution in [0.3, 0.4) is 0 Å². The first-order chi connectivity index (χ1) is 9.43. The third-order valence-electron chi connectivity index (χ3n) is 3.38. The highest BCUT2D eigenvalue weighted by Crippen LogP contribution is 2.25. The van der Waals surface area contributed by atoms with E-state index in [1.165, 1.54) is 10.8 Å². The molecule has 0 saturated heterocycles. The Labute approximate surface area is 110 Å². The Bertz CT molecular complexity index is 872. The maximum atomic E-state index is 4.40. The van der Waals surface area contributed by atoms with E-state index in [4.69, 9.17) is 0 Å². The first kappa shape index (κ1) is 10.3. The van der Waals surface area contributed by atoms with Crippen LogP contribution in [0, 0.1) is 0 Å². The second-order valence-electron chi connectivity index (χ2n) is 4.48. The number of hydrogen-bond donors (Lipinski definition) is 0. The molecule has 0 aliphatic heterocycles. The maximum Gasteiger partial charge on any atom is 0.107 e. The van der Waals surface area contributed by atoms with Gasteiger partial charge in [-0.1, -0.05) is 36.4 Å². The molecule has 2 heterocycles. The van der Waals surface area contributed by atoms with Gasteiger partial charge in [0.1, 0.15) is 11.8 Å². The molecule has 0 fully saturated rings. The van der Waals surface area contributed by atoms with Crippen LogP contribution in [0.25, 0.3) is 27.5 Å². The summed E-state index contributed by atoms with van der Waals surface area (Å²) in [5, 5.41) is 2.46. The molecule has 0 unspecified atom stereocenters. The molecule has 4 rings (SSSR count). The number of benzene rings is 2. The molecular formula is C16H11N3. The summed E-state index contributed by atoms with van der Waals surface area (Å²) in [4.78, 5) is 8.51. The zero-order chi connectivity index (χ0) is 12.7. The summed E-state index contributed by atoms with van der Waals surface area (Å²) in [6.45, 7) is 0. The Morgan fingerprint density at radius 3 is 2.79 bits per heavy atom. The van der Waals surface area contributed by atoms with Gasteiger partial charge in [-0.2, -0.15) is 0 Å². The van der Waals surface area contributed by atoms with Gasteiger partial charge in [-0.25, -0.2) is 4.98 Å². The van der Waals surface area contributed by atoms with Crippen molar-refractivity contribution in [1.82, 2.24) is 14.5 Å². The molecule has 3 heteroatoms. The number of imidazole rings is 1. The van der Waals surface area contributed by atoms with E-state index in [0.717, 1.165) is 16.7 Å². The molecule has 2 aromatic heterocycles. The van der Waals surface area contributed by atoms with Crippen LogP contribution in [-0.2, 0) is 0 Å². The zero-order valence-electron chi connectivity index (χ0n) is 10.2. The largest absolute Gasteiger partial charge is 0.298 e. The molecule has 3 nitrogen and oxygen atoms in total. The van der Waals surface area contributed by atoms with Gasteiger partial charge < -0.3 is 0 Å². The monoisotopic (exact) mass is 245 g/mol.